The van der Waals surface area contributed by atoms with Crippen molar-refractivity contribution in [3.05, 3.63) is 0 Å². The van der Waals surface area contributed by atoms with Gasteiger partial charge in [-0.1, -0.05) is 22.9 Å². The first-order valence-corrected chi connectivity index (χ1v) is 4.51. The number of hydrogen-bond donors (Lipinski definition) is 1. The van der Waals surface area contributed by atoms with Crippen molar-refractivity contribution in [3.8, 4) is 0 Å². The molecular formula is C7H12BrNO. The number of carbonyl (C=O) groups excluding carboxylic acids is 1. The molecule has 1 saturated heterocycles. The van der Waals surface area contributed by atoms with Crippen LogP contribution in [-0.2, 0) is 4.79 Å². The first-order chi connectivity index (χ1) is 4.72. The van der Waals surface area contributed by atoms with Gasteiger partial charge in [0.1, 0.15) is 5.78 Å². The molecule has 1 aliphatic heterocycles. The highest BCUT2D eigenvalue weighted by atomic mass is 79.9. The largest absolute Gasteiger partial charge is 0.316 e. The monoisotopic (exact) mass is 205 g/mol. The van der Waals surface area contributed by atoms with Gasteiger partial charge >= 0.3 is 0 Å². The molecule has 58 valence electrons. The van der Waals surface area contributed by atoms with E-state index in [1.807, 2.05) is 0 Å². The fraction of sp³-hybridized carbons (Fsp3) is 0.857. The zero-order chi connectivity index (χ0) is 7.56. The van der Waals surface area contributed by atoms with Crippen LogP contribution in [0.15, 0.2) is 0 Å². The quantitative estimate of drug-likeness (QED) is 0.598. The van der Waals surface area contributed by atoms with Gasteiger partial charge in [-0.05, 0) is 12.5 Å². The van der Waals surface area contributed by atoms with Gasteiger partial charge in [-0.15, -0.1) is 0 Å². The van der Waals surface area contributed by atoms with Crippen molar-refractivity contribution in [2.45, 2.75) is 18.2 Å². The topological polar surface area (TPSA) is 29.1 Å². The summed E-state index contributed by atoms with van der Waals surface area (Å²) in [6.45, 7) is 3.86. The number of alkyl halides is 1. The lowest BCUT2D eigenvalue weighted by Crippen LogP contribution is -2.24. The fourth-order valence-electron chi connectivity index (χ4n) is 1.10. The Morgan fingerprint density at radius 1 is 1.70 bits per heavy atom. The van der Waals surface area contributed by atoms with E-state index in [0.29, 0.717) is 18.1 Å². The van der Waals surface area contributed by atoms with Crippen LogP contribution < -0.4 is 5.32 Å². The minimum atomic E-state index is 0.0718. The summed E-state index contributed by atoms with van der Waals surface area (Å²) in [5.74, 6) is 0.757. The zero-order valence-electron chi connectivity index (χ0n) is 6.06. The second kappa shape index (κ2) is 3.49. The van der Waals surface area contributed by atoms with Crippen LogP contribution in [-0.4, -0.2) is 23.7 Å². The molecule has 1 fully saturated rings. The molecule has 0 aromatic rings. The maximum atomic E-state index is 11.1. The van der Waals surface area contributed by atoms with E-state index in [4.69, 9.17) is 0 Å². The molecule has 0 radical (unpaired) electrons. The van der Waals surface area contributed by atoms with E-state index in [1.165, 1.54) is 0 Å². The zero-order valence-corrected chi connectivity index (χ0v) is 7.65. The predicted octanol–water partition coefficient (Wildman–Crippen LogP) is 0.948. The summed E-state index contributed by atoms with van der Waals surface area (Å²) in [5, 5.41) is 3.21. The molecule has 0 bridgehead atoms. The van der Waals surface area contributed by atoms with Crippen molar-refractivity contribution in [2.24, 2.45) is 5.92 Å². The third-order valence-electron chi connectivity index (χ3n) is 1.82. The van der Waals surface area contributed by atoms with E-state index in [9.17, 15) is 4.79 Å². The molecule has 0 spiro atoms. The molecule has 1 rings (SSSR count). The molecule has 0 amide bonds. The molecule has 2 atom stereocenters. The highest BCUT2D eigenvalue weighted by Gasteiger charge is 2.23. The lowest BCUT2D eigenvalue weighted by molar-refractivity contribution is -0.118. The molecule has 1 aliphatic rings. The van der Waals surface area contributed by atoms with Crippen molar-refractivity contribution in [3.63, 3.8) is 0 Å². The van der Waals surface area contributed by atoms with Crippen LogP contribution in [0, 0.1) is 5.92 Å². The van der Waals surface area contributed by atoms with Gasteiger partial charge in [-0.3, -0.25) is 4.79 Å². The first kappa shape index (κ1) is 8.21. The van der Waals surface area contributed by atoms with Gasteiger partial charge in [0.05, 0.1) is 4.83 Å². The fourth-order valence-corrected chi connectivity index (χ4v) is 1.52. The normalized spacial score (nSPS) is 35.6. The average molecular weight is 206 g/mol. The van der Waals surface area contributed by atoms with Gasteiger partial charge in [-0.2, -0.15) is 0 Å². The lowest BCUT2D eigenvalue weighted by Gasteiger charge is -2.11. The molecule has 2 unspecified atom stereocenters. The molecule has 2 nitrogen and oxygen atoms in total. The molecule has 0 saturated carbocycles. The van der Waals surface area contributed by atoms with Crippen molar-refractivity contribution in [1.29, 1.82) is 0 Å². The van der Waals surface area contributed by atoms with E-state index in [-0.39, 0.29) is 4.83 Å². The minimum absolute atomic E-state index is 0.0718. The van der Waals surface area contributed by atoms with E-state index in [0.717, 1.165) is 13.1 Å². The van der Waals surface area contributed by atoms with Gasteiger partial charge in [0.15, 0.2) is 0 Å². The molecule has 0 aromatic heterocycles. The van der Waals surface area contributed by atoms with E-state index < -0.39 is 0 Å². The Balaban J connectivity index is 2.55. The van der Waals surface area contributed by atoms with Crippen LogP contribution in [0.25, 0.3) is 0 Å². The average Bonchev–Trinajstić information content (AvgIpc) is 2.04. The maximum absolute atomic E-state index is 11.1. The summed E-state index contributed by atoms with van der Waals surface area (Å²) in [5.41, 5.74) is 0. The number of nitrogens with one attached hydrogen (secondary N) is 1. The van der Waals surface area contributed by atoms with Crippen molar-refractivity contribution < 1.29 is 4.79 Å². The Hall–Kier alpha value is 0.110. The summed E-state index contributed by atoms with van der Waals surface area (Å²) in [4.78, 5) is 11.2. The Morgan fingerprint density at radius 3 is 3.10 bits per heavy atom. The van der Waals surface area contributed by atoms with Crippen LogP contribution in [0.2, 0.25) is 0 Å². The number of hydrogen-bond acceptors (Lipinski definition) is 2. The molecule has 3 heteroatoms. The second-order valence-corrected chi connectivity index (χ2v) is 3.79. The molecular weight excluding hydrogens is 194 g/mol. The van der Waals surface area contributed by atoms with Crippen LogP contribution >= 0.6 is 15.9 Å². The number of Topliss-reactive ketones (excluding diaryl/α,β-unsaturated/α-hetero) is 1. The second-order valence-electron chi connectivity index (χ2n) is 2.80. The maximum Gasteiger partial charge on any atom is 0.148 e. The molecule has 1 N–H and O–H groups in total. The van der Waals surface area contributed by atoms with E-state index in [1.54, 1.807) is 0 Å². The summed E-state index contributed by atoms with van der Waals surface area (Å²) in [7, 11) is 0. The van der Waals surface area contributed by atoms with Gasteiger partial charge in [0, 0.05) is 13.0 Å². The van der Waals surface area contributed by atoms with Crippen molar-refractivity contribution >= 4 is 21.7 Å². The number of rotatable bonds is 0. The molecule has 10 heavy (non-hydrogen) atoms. The van der Waals surface area contributed by atoms with Gasteiger partial charge in [-0.25, -0.2) is 0 Å². The molecule has 0 aliphatic carbocycles. The Labute approximate surface area is 69.5 Å². The van der Waals surface area contributed by atoms with Crippen LogP contribution in [0.1, 0.15) is 13.3 Å². The van der Waals surface area contributed by atoms with Crippen molar-refractivity contribution in [2.75, 3.05) is 13.1 Å². The Kier molecular flexibility index (Phi) is 2.86. The van der Waals surface area contributed by atoms with Crippen molar-refractivity contribution in [1.82, 2.24) is 5.32 Å². The van der Waals surface area contributed by atoms with Crippen LogP contribution in [0.5, 0.6) is 0 Å². The standard InChI is InChI=1S/C7H12BrNO/c1-5-4-9-3-2-6(10)7(5)8/h5,7,9H,2-4H2,1H3. The molecule has 1 heterocycles. The van der Waals surface area contributed by atoms with Crippen LogP contribution in [0.3, 0.4) is 0 Å². The summed E-state index contributed by atoms with van der Waals surface area (Å²) >= 11 is 3.38. The number of carbonyl (C=O) groups is 1. The van der Waals surface area contributed by atoms with Gasteiger partial charge < -0.3 is 5.32 Å². The SMILES string of the molecule is CC1CNCCC(=O)C1Br. The highest BCUT2D eigenvalue weighted by Crippen LogP contribution is 2.16. The highest BCUT2D eigenvalue weighted by molar-refractivity contribution is 9.10. The van der Waals surface area contributed by atoms with Gasteiger partial charge in [0.25, 0.3) is 0 Å². The third kappa shape index (κ3) is 1.80. The van der Waals surface area contributed by atoms with E-state index in [2.05, 4.69) is 28.2 Å². The smallest absolute Gasteiger partial charge is 0.148 e. The number of halogens is 1. The summed E-state index contributed by atoms with van der Waals surface area (Å²) in [6, 6.07) is 0. The predicted molar refractivity (Wildman–Crippen MR) is 44.4 cm³/mol. The minimum Gasteiger partial charge on any atom is -0.316 e. The summed E-state index contributed by atoms with van der Waals surface area (Å²) < 4.78 is 0. The Morgan fingerprint density at radius 2 is 2.40 bits per heavy atom. The Bertz CT molecular complexity index is 138. The lowest BCUT2D eigenvalue weighted by atomic mass is 10.1. The summed E-state index contributed by atoms with van der Waals surface area (Å²) in [6.07, 6.45) is 0.667. The third-order valence-corrected chi connectivity index (χ3v) is 3.23. The number of ketones is 1. The van der Waals surface area contributed by atoms with Gasteiger partial charge in [0.2, 0.25) is 0 Å². The molecule has 0 aromatic carbocycles. The first-order valence-electron chi connectivity index (χ1n) is 3.59. The van der Waals surface area contributed by atoms with Crippen LogP contribution in [0.4, 0.5) is 0 Å². The van der Waals surface area contributed by atoms with E-state index >= 15 is 0 Å².